The average molecular weight is 356 g/mol. The fraction of sp³-hybridized carbons (Fsp3) is 0.619. The number of pyridine rings is 1. The first-order valence-electron chi connectivity index (χ1n) is 9.87. The van der Waals surface area contributed by atoms with Crippen molar-refractivity contribution in [1.82, 2.24) is 9.88 Å². The molecule has 0 bridgehead atoms. The SMILES string of the molecule is O=C(C1CC=CC1)N1CCC2(CC1)OCC[C@@H]2CCOc1cccnc1. The fourth-order valence-corrected chi connectivity index (χ4v) is 4.68. The highest BCUT2D eigenvalue weighted by Crippen LogP contribution is 2.42. The van der Waals surface area contributed by atoms with Crippen LogP contribution in [0.2, 0.25) is 0 Å². The minimum atomic E-state index is -0.0526. The summed E-state index contributed by atoms with van der Waals surface area (Å²) in [5, 5.41) is 0. The molecule has 1 aliphatic carbocycles. The van der Waals surface area contributed by atoms with Gasteiger partial charge in [0.15, 0.2) is 0 Å². The first-order valence-corrected chi connectivity index (χ1v) is 9.87. The quantitative estimate of drug-likeness (QED) is 0.760. The van der Waals surface area contributed by atoms with E-state index in [2.05, 4.69) is 22.0 Å². The fourth-order valence-electron chi connectivity index (χ4n) is 4.68. The topological polar surface area (TPSA) is 51.7 Å². The third-order valence-electron chi connectivity index (χ3n) is 6.25. The largest absolute Gasteiger partial charge is 0.492 e. The van der Waals surface area contributed by atoms with Crippen molar-refractivity contribution in [1.29, 1.82) is 0 Å². The van der Waals surface area contributed by atoms with Crippen molar-refractivity contribution in [3.63, 3.8) is 0 Å². The lowest BCUT2D eigenvalue weighted by atomic mass is 9.78. The van der Waals surface area contributed by atoms with Crippen molar-refractivity contribution in [2.45, 2.75) is 44.1 Å². The number of carbonyl (C=O) groups excluding carboxylic acids is 1. The highest BCUT2D eigenvalue weighted by Gasteiger charge is 2.46. The van der Waals surface area contributed by atoms with Gasteiger partial charge >= 0.3 is 0 Å². The van der Waals surface area contributed by atoms with Crippen LogP contribution in [0.1, 0.15) is 38.5 Å². The van der Waals surface area contributed by atoms with Gasteiger partial charge in [-0.3, -0.25) is 9.78 Å². The molecule has 1 amide bonds. The number of likely N-dealkylation sites (tertiary alicyclic amines) is 1. The van der Waals surface area contributed by atoms with Crippen LogP contribution in [0.25, 0.3) is 0 Å². The summed E-state index contributed by atoms with van der Waals surface area (Å²) >= 11 is 0. The molecule has 0 N–H and O–H groups in total. The number of piperidine rings is 1. The van der Waals surface area contributed by atoms with E-state index in [4.69, 9.17) is 9.47 Å². The molecule has 1 aromatic heterocycles. The third kappa shape index (κ3) is 3.63. The smallest absolute Gasteiger partial charge is 0.226 e. The van der Waals surface area contributed by atoms with Gasteiger partial charge in [0.1, 0.15) is 5.75 Å². The first kappa shape index (κ1) is 17.5. The van der Waals surface area contributed by atoms with E-state index in [1.54, 1.807) is 12.4 Å². The molecule has 0 saturated carbocycles. The van der Waals surface area contributed by atoms with Crippen LogP contribution in [0.4, 0.5) is 0 Å². The zero-order valence-electron chi connectivity index (χ0n) is 15.3. The van der Waals surface area contributed by atoms with Gasteiger partial charge in [-0.05, 0) is 56.6 Å². The summed E-state index contributed by atoms with van der Waals surface area (Å²) in [6.45, 7) is 3.18. The van der Waals surface area contributed by atoms with E-state index < -0.39 is 0 Å². The minimum Gasteiger partial charge on any atom is -0.492 e. The Kier molecular flexibility index (Phi) is 5.25. The van der Waals surface area contributed by atoms with Gasteiger partial charge in [0.25, 0.3) is 0 Å². The Balaban J connectivity index is 1.28. The second-order valence-corrected chi connectivity index (χ2v) is 7.69. The van der Waals surface area contributed by atoms with Crippen LogP contribution in [0.3, 0.4) is 0 Å². The van der Waals surface area contributed by atoms with E-state index in [1.807, 2.05) is 12.1 Å². The van der Waals surface area contributed by atoms with Gasteiger partial charge in [0.05, 0.1) is 18.4 Å². The molecular weight excluding hydrogens is 328 g/mol. The van der Waals surface area contributed by atoms with E-state index in [0.717, 1.165) is 64.0 Å². The Morgan fingerprint density at radius 1 is 1.31 bits per heavy atom. The van der Waals surface area contributed by atoms with Crippen LogP contribution in [0, 0.1) is 11.8 Å². The lowest BCUT2D eigenvalue weighted by Gasteiger charge is -2.42. The van der Waals surface area contributed by atoms with Crippen molar-refractivity contribution in [3.8, 4) is 5.75 Å². The van der Waals surface area contributed by atoms with E-state index in [-0.39, 0.29) is 11.5 Å². The zero-order valence-corrected chi connectivity index (χ0v) is 15.3. The molecular formula is C21H28N2O3. The predicted octanol–water partition coefficient (Wildman–Crippen LogP) is 3.21. The van der Waals surface area contributed by atoms with Crippen LogP contribution in [-0.4, -0.2) is 47.7 Å². The third-order valence-corrected chi connectivity index (χ3v) is 6.25. The maximum atomic E-state index is 12.6. The zero-order chi connectivity index (χ0) is 17.8. The number of carbonyl (C=O) groups is 1. The molecule has 1 atom stereocenters. The van der Waals surface area contributed by atoms with Crippen molar-refractivity contribution < 1.29 is 14.3 Å². The molecule has 5 nitrogen and oxygen atoms in total. The van der Waals surface area contributed by atoms with Gasteiger partial charge in [-0.15, -0.1) is 0 Å². The Bertz CT molecular complexity index is 630. The van der Waals surface area contributed by atoms with Crippen molar-refractivity contribution in [3.05, 3.63) is 36.7 Å². The molecule has 5 heteroatoms. The summed E-state index contributed by atoms with van der Waals surface area (Å²) in [5.41, 5.74) is -0.0526. The molecule has 2 fully saturated rings. The predicted molar refractivity (Wildman–Crippen MR) is 98.8 cm³/mol. The summed E-state index contributed by atoms with van der Waals surface area (Å²) in [6, 6.07) is 3.83. The first-order chi connectivity index (χ1) is 12.8. The number of amides is 1. The van der Waals surface area contributed by atoms with Crippen LogP contribution < -0.4 is 4.74 Å². The summed E-state index contributed by atoms with van der Waals surface area (Å²) < 4.78 is 12.1. The maximum Gasteiger partial charge on any atom is 0.226 e. The van der Waals surface area contributed by atoms with Crippen molar-refractivity contribution >= 4 is 5.91 Å². The molecule has 26 heavy (non-hydrogen) atoms. The number of allylic oxidation sites excluding steroid dienone is 2. The van der Waals surface area contributed by atoms with Gasteiger partial charge in [0, 0.05) is 31.8 Å². The van der Waals surface area contributed by atoms with E-state index in [0.29, 0.717) is 18.4 Å². The molecule has 1 spiro atoms. The van der Waals surface area contributed by atoms with E-state index in [1.165, 1.54) is 0 Å². The Labute approximate surface area is 155 Å². The number of nitrogens with zero attached hydrogens (tertiary/aromatic N) is 2. The average Bonchev–Trinajstić information content (AvgIpc) is 3.34. The highest BCUT2D eigenvalue weighted by atomic mass is 16.5. The molecule has 1 aromatic rings. The molecule has 0 radical (unpaired) electrons. The summed E-state index contributed by atoms with van der Waals surface area (Å²) in [7, 11) is 0. The van der Waals surface area contributed by atoms with Crippen LogP contribution in [0.5, 0.6) is 5.75 Å². The lowest BCUT2D eigenvalue weighted by molar-refractivity contribution is -0.141. The second-order valence-electron chi connectivity index (χ2n) is 7.69. The molecule has 3 heterocycles. The van der Waals surface area contributed by atoms with Crippen molar-refractivity contribution in [2.24, 2.45) is 11.8 Å². The molecule has 3 aliphatic rings. The van der Waals surface area contributed by atoms with E-state index in [9.17, 15) is 4.79 Å². The number of aromatic nitrogens is 1. The standard InChI is InChI=1S/C21H28N2O3/c24-20(17-4-1-2-5-17)23-12-9-21(10-13-23)18(8-15-26-21)7-14-25-19-6-3-11-22-16-19/h1-3,6,11,16-18H,4-5,7-10,12-15H2/t18-/m0/s1. The van der Waals surface area contributed by atoms with Gasteiger partial charge in [-0.2, -0.15) is 0 Å². The number of hydrogen-bond acceptors (Lipinski definition) is 4. The van der Waals surface area contributed by atoms with Gasteiger partial charge in [-0.25, -0.2) is 0 Å². The molecule has 0 aromatic carbocycles. The van der Waals surface area contributed by atoms with Gasteiger partial charge in [0.2, 0.25) is 5.91 Å². The molecule has 2 saturated heterocycles. The Morgan fingerprint density at radius 3 is 2.85 bits per heavy atom. The van der Waals surface area contributed by atoms with Crippen LogP contribution >= 0.6 is 0 Å². The summed E-state index contributed by atoms with van der Waals surface area (Å²) in [5.74, 6) is 1.85. The second kappa shape index (κ2) is 7.78. The molecule has 140 valence electrons. The lowest BCUT2D eigenvalue weighted by Crippen LogP contribution is -2.50. The monoisotopic (exact) mass is 356 g/mol. The number of ether oxygens (including phenoxy) is 2. The molecule has 0 unspecified atom stereocenters. The normalized spacial score (nSPS) is 25.1. The molecule has 2 aliphatic heterocycles. The minimum absolute atomic E-state index is 0.0526. The highest BCUT2D eigenvalue weighted by molar-refractivity contribution is 5.79. The maximum absolute atomic E-state index is 12.6. The Morgan fingerprint density at radius 2 is 2.12 bits per heavy atom. The number of hydrogen-bond donors (Lipinski definition) is 0. The van der Waals surface area contributed by atoms with Crippen molar-refractivity contribution in [2.75, 3.05) is 26.3 Å². The van der Waals surface area contributed by atoms with Crippen LogP contribution in [0.15, 0.2) is 36.7 Å². The summed E-state index contributed by atoms with van der Waals surface area (Å²) in [4.78, 5) is 18.8. The van der Waals surface area contributed by atoms with Gasteiger partial charge < -0.3 is 14.4 Å². The molecule has 4 rings (SSSR count). The summed E-state index contributed by atoms with van der Waals surface area (Å²) in [6.07, 6.45) is 13.6. The van der Waals surface area contributed by atoms with Gasteiger partial charge in [-0.1, -0.05) is 12.2 Å². The van der Waals surface area contributed by atoms with E-state index >= 15 is 0 Å². The van der Waals surface area contributed by atoms with Crippen LogP contribution in [-0.2, 0) is 9.53 Å². The number of rotatable bonds is 5. The Hall–Kier alpha value is -1.88.